The number of amides is 1. The fraction of sp³-hybridized carbons (Fsp3) is 0.353. The van der Waals surface area contributed by atoms with E-state index in [4.69, 9.17) is 9.52 Å². The van der Waals surface area contributed by atoms with Crippen LogP contribution in [0.3, 0.4) is 0 Å². The second-order valence-corrected chi connectivity index (χ2v) is 5.42. The van der Waals surface area contributed by atoms with Crippen molar-refractivity contribution in [3.63, 3.8) is 0 Å². The fourth-order valence-electron chi connectivity index (χ4n) is 2.23. The summed E-state index contributed by atoms with van der Waals surface area (Å²) >= 11 is 0. The van der Waals surface area contributed by atoms with Gasteiger partial charge in [0, 0.05) is 24.8 Å². The number of rotatable bonds is 9. The first-order chi connectivity index (χ1) is 12.0. The summed E-state index contributed by atoms with van der Waals surface area (Å²) in [5.74, 6) is -1.01. The third-order valence-electron chi connectivity index (χ3n) is 3.45. The molecule has 1 aromatic heterocycles. The summed E-state index contributed by atoms with van der Waals surface area (Å²) in [6.45, 7) is 0. The molecule has 0 bridgehead atoms. The van der Waals surface area contributed by atoms with Gasteiger partial charge in [-0.25, -0.2) is 18.6 Å². The van der Waals surface area contributed by atoms with E-state index in [1.54, 1.807) is 6.20 Å². The zero-order valence-corrected chi connectivity index (χ0v) is 13.3. The van der Waals surface area contributed by atoms with E-state index in [-0.39, 0.29) is 6.42 Å². The molecule has 134 valence electrons. The van der Waals surface area contributed by atoms with Gasteiger partial charge in [-0.3, -0.25) is 4.79 Å². The molecule has 1 amide bonds. The van der Waals surface area contributed by atoms with Crippen LogP contribution >= 0.6 is 0 Å². The molecule has 1 unspecified atom stereocenters. The number of halogens is 2. The lowest BCUT2D eigenvalue weighted by Gasteiger charge is -2.13. The first-order valence-corrected chi connectivity index (χ1v) is 7.76. The molecule has 0 fully saturated rings. The zero-order valence-electron chi connectivity index (χ0n) is 13.3. The van der Waals surface area contributed by atoms with Crippen molar-refractivity contribution in [2.75, 3.05) is 0 Å². The van der Waals surface area contributed by atoms with E-state index >= 15 is 0 Å². The summed E-state index contributed by atoms with van der Waals surface area (Å²) in [5.41, 5.74) is 0.885. The normalized spacial score (nSPS) is 12.1. The second-order valence-electron chi connectivity index (χ2n) is 5.42. The van der Waals surface area contributed by atoms with Crippen molar-refractivity contribution >= 4 is 11.9 Å². The SMILES string of the molecule is O=C(CCCc1ncc(-c2ccccc2)o1)NC(CC(F)F)C(=O)O. The van der Waals surface area contributed by atoms with Crippen LogP contribution in [-0.4, -0.2) is 34.4 Å². The number of carboxylic acid groups (broad SMARTS) is 1. The quantitative estimate of drug-likeness (QED) is 0.724. The maximum atomic E-state index is 12.3. The van der Waals surface area contributed by atoms with Crippen molar-refractivity contribution in [3.8, 4) is 11.3 Å². The molecule has 1 atom stereocenters. The van der Waals surface area contributed by atoms with Crippen LogP contribution in [0.5, 0.6) is 0 Å². The van der Waals surface area contributed by atoms with Gasteiger partial charge < -0.3 is 14.8 Å². The molecule has 25 heavy (non-hydrogen) atoms. The Morgan fingerprint density at radius 3 is 2.60 bits per heavy atom. The Balaban J connectivity index is 1.79. The van der Waals surface area contributed by atoms with Crippen molar-refractivity contribution < 1.29 is 27.9 Å². The highest BCUT2D eigenvalue weighted by molar-refractivity contribution is 5.83. The standard InChI is InChI=1S/C17H18F2N2O4/c18-14(19)9-12(17(23)24)21-15(22)7-4-8-16-20-10-13(25-16)11-5-2-1-3-6-11/h1-3,5-6,10,12,14H,4,7-9H2,(H,21,22)(H,23,24). The number of alkyl halides is 2. The predicted octanol–water partition coefficient (Wildman–Crippen LogP) is 2.89. The molecule has 8 heteroatoms. The van der Waals surface area contributed by atoms with Crippen LogP contribution in [0.15, 0.2) is 40.9 Å². The highest BCUT2D eigenvalue weighted by Gasteiger charge is 2.23. The molecule has 0 spiro atoms. The van der Waals surface area contributed by atoms with E-state index in [0.29, 0.717) is 24.5 Å². The van der Waals surface area contributed by atoms with E-state index in [1.165, 1.54) is 0 Å². The van der Waals surface area contributed by atoms with Gasteiger partial charge in [0.2, 0.25) is 12.3 Å². The summed E-state index contributed by atoms with van der Waals surface area (Å²) in [5, 5.41) is 10.9. The lowest BCUT2D eigenvalue weighted by atomic mass is 10.2. The topological polar surface area (TPSA) is 92.4 Å². The molecular weight excluding hydrogens is 334 g/mol. The average molecular weight is 352 g/mol. The summed E-state index contributed by atoms with van der Waals surface area (Å²) in [6, 6.07) is 7.82. The Morgan fingerprint density at radius 1 is 1.24 bits per heavy atom. The number of benzene rings is 1. The monoisotopic (exact) mass is 352 g/mol. The summed E-state index contributed by atoms with van der Waals surface area (Å²) in [7, 11) is 0. The van der Waals surface area contributed by atoms with Crippen LogP contribution in [0.25, 0.3) is 11.3 Å². The zero-order chi connectivity index (χ0) is 18.2. The molecule has 0 saturated carbocycles. The minimum Gasteiger partial charge on any atom is -0.480 e. The Kier molecular flexibility index (Phi) is 6.62. The first-order valence-electron chi connectivity index (χ1n) is 7.76. The minimum atomic E-state index is -2.80. The Hall–Kier alpha value is -2.77. The van der Waals surface area contributed by atoms with Gasteiger partial charge in [0.25, 0.3) is 0 Å². The number of aryl methyl sites for hydroxylation is 1. The summed E-state index contributed by atoms with van der Waals surface area (Å²) < 4.78 is 30.1. The lowest BCUT2D eigenvalue weighted by molar-refractivity contribution is -0.143. The number of nitrogens with one attached hydrogen (secondary N) is 1. The minimum absolute atomic E-state index is 0.00390. The third-order valence-corrected chi connectivity index (χ3v) is 3.45. The van der Waals surface area contributed by atoms with Crippen molar-refractivity contribution in [2.45, 2.75) is 38.2 Å². The fourth-order valence-corrected chi connectivity index (χ4v) is 2.23. The highest BCUT2D eigenvalue weighted by Crippen LogP contribution is 2.20. The molecule has 0 aliphatic heterocycles. The summed E-state index contributed by atoms with van der Waals surface area (Å²) in [6.07, 6.45) is -1.38. The van der Waals surface area contributed by atoms with Gasteiger partial charge in [0.1, 0.15) is 6.04 Å². The molecule has 0 aliphatic carbocycles. The molecule has 0 aliphatic rings. The van der Waals surface area contributed by atoms with Gasteiger partial charge in [0.15, 0.2) is 11.7 Å². The van der Waals surface area contributed by atoms with Crippen LogP contribution in [0.1, 0.15) is 25.2 Å². The van der Waals surface area contributed by atoms with Gasteiger partial charge in [-0.1, -0.05) is 30.3 Å². The van der Waals surface area contributed by atoms with Crippen LogP contribution in [0.2, 0.25) is 0 Å². The van der Waals surface area contributed by atoms with Crippen LogP contribution in [0.4, 0.5) is 8.78 Å². The van der Waals surface area contributed by atoms with Crippen LogP contribution < -0.4 is 5.32 Å². The largest absolute Gasteiger partial charge is 0.480 e. The van der Waals surface area contributed by atoms with Crippen molar-refractivity contribution in [1.82, 2.24) is 10.3 Å². The van der Waals surface area contributed by atoms with E-state index < -0.39 is 30.8 Å². The van der Waals surface area contributed by atoms with Gasteiger partial charge in [-0.2, -0.15) is 0 Å². The Bertz CT molecular complexity index is 704. The Morgan fingerprint density at radius 2 is 1.96 bits per heavy atom. The smallest absolute Gasteiger partial charge is 0.326 e. The number of carboxylic acids is 1. The number of carbonyl (C=O) groups excluding carboxylic acids is 1. The van der Waals surface area contributed by atoms with Gasteiger partial charge in [-0.05, 0) is 6.42 Å². The number of hydrogen-bond acceptors (Lipinski definition) is 4. The molecule has 2 aromatic rings. The number of aliphatic carboxylic acids is 1. The van der Waals surface area contributed by atoms with E-state index in [0.717, 1.165) is 5.56 Å². The number of oxazole rings is 1. The number of carbonyl (C=O) groups is 2. The van der Waals surface area contributed by atoms with Gasteiger partial charge in [-0.15, -0.1) is 0 Å². The number of hydrogen-bond donors (Lipinski definition) is 2. The molecular formula is C17H18F2N2O4. The molecule has 2 N–H and O–H groups in total. The first kappa shape index (κ1) is 18.6. The molecule has 0 radical (unpaired) electrons. The van der Waals surface area contributed by atoms with Crippen LogP contribution in [-0.2, 0) is 16.0 Å². The van der Waals surface area contributed by atoms with Crippen molar-refractivity contribution in [2.24, 2.45) is 0 Å². The lowest BCUT2D eigenvalue weighted by Crippen LogP contribution is -2.41. The van der Waals surface area contributed by atoms with Crippen LogP contribution in [0, 0.1) is 0 Å². The number of nitrogens with zero attached hydrogens (tertiary/aromatic N) is 1. The maximum absolute atomic E-state index is 12.3. The predicted molar refractivity (Wildman–Crippen MR) is 85.1 cm³/mol. The molecule has 6 nitrogen and oxygen atoms in total. The summed E-state index contributed by atoms with van der Waals surface area (Å²) in [4.78, 5) is 26.6. The molecule has 1 heterocycles. The number of aromatic nitrogens is 1. The Labute approximate surface area is 142 Å². The van der Waals surface area contributed by atoms with Gasteiger partial charge >= 0.3 is 5.97 Å². The van der Waals surface area contributed by atoms with E-state index in [1.807, 2.05) is 30.3 Å². The molecule has 1 aromatic carbocycles. The third kappa shape index (κ3) is 5.98. The highest BCUT2D eigenvalue weighted by atomic mass is 19.3. The second kappa shape index (κ2) is 8.91. The molecule has 2 rings (SSSR count). The van der Waals surface area contributed by atoms with E-state index in [9.17, 15) is 18.4 Å². The average Bonchev–Trinajstić information content (AvgIpc) is 3.03. The molecule has 0 saturated heterocycles. The van der Waals surface area contributed by atoms with Crippen molar-refractivity contribution in [1.29, 1.82) is 0 Å². The maximum Gasteiger partial charge on any atom is 0.326 e. The van der Waals surface area contributed by atoms with Crippen molar-refractivity contribution in [3.05, 3.63) is 42.4 Å². The van der Waals surface area contributed by atoms with E-state index in [2.05, 4.69) is 10.3 Å². The van der Waals surface area contributed by atoms with Gasteiger partial charge in [0.05, 0.1) is 6.20 Å².